The quantitative estimate of drug-likeness (QED) is 0.535. The zero-order valence-electron chi connectivity index (χ0n) is 15.6. The highest BCUT2D eigenvalue weighted by molar-refractivity contribution is 6.21. The van der Waals surface area contributed by atoms with Gasteiger partial charge in [0.1, 0.15) is 5.82 Å². The summed E-state index contributed by atoms with van der Waals surface area (Å²) in [5.41, 5.74) is 1.63. The van der Waals surface area contributed by atoms with E-state index < -0.39 is 17.4 Å². The summed E-state index contributed by atoms with van der Waals surface area (Å²) in [4.78, 5) is 19.1. The fourth-order valence-electron chi connectivity index (χ4n) is 3.32. The number of hydrogen-bond donors (Lipinski definition) is 3. The molecule has 3 heterocycles. The van der Waals surface area contributed by atoms with E-state index in [0.717, 1.165) is 12.1 Å². The molecule has 0 radical (unpaired) electrons. The number of rotatable bonds is 5. The number of aliphatic hydroxyl groups excluding tert-OH is 1. The van der Waals surface area contributed by atoms with Crippen LogP contribution in [0.25, 0.3) is 11.3 Å². The molecule has 156 valence electrons. The average Bonchev–Trinajstić information content (AvgIpc) is 3.39. The van der Waals surface area contributed by atoms with Crippen LogP contribution in [0, 0.1) is 0 Å². The zero-order chi connectivity index (χ0) is 21.3. The van der Waals surface area contributed by atoms with E-state index in [1.165, 1.54) is 18.3 Å². The Labute approximate surface area is 175 Å². The molecule has 3 aromatic rings. The molecule has 1 fully saturated rings. The van der Waals surface area contributed by atoms with Crippen molar-refractivity contribution >= 4 is 29.0 Å². The lowest BCUT2D eigenvalue weighted by Crippen LogP contribution is -2.23. The van der Waals surface area contributed by atoms with Gasteiger partial charge in [-0.15, -0.1) is 0 Å². The molecule has 2 aromatic heterocycles. The molecule has 7 nitrogen and oxygen atoms in total. The molecular formula is C20H18ClF2N5O2. The predicted molar refractivity (Wildman–Crippen MR) is 109 cm³/mol. The summed E-state index contributed by atoms with van der Waals surface area (Å²) < 4.78 is 26.2. The number of pyridine rings is 1. The van der Waals surface area contributed by atoms with Gasteiger partial charge in [0.05, 0.1) is 17.4 Å². The molecule has 10 heteroatoms. The number of aromatic amines is 1. The van der Waals surface area contributed by atoms with Gasteiger partial charge in [0.25, 0.3) is 5.91 Å². The SMILES string of the molecule is O=C(Nc1ccc(C(F)(F)Cl)cc1)c1cnc(N2CC[C@H](O)C2)c(-c2ccn[nH]2)c1. The third kappa shape index (κ3) is 4.27. The fraction of sp³-hybridized carbons (Fsp3) is 0.250. The fourth-order valence-corrected chi connectivity index (χ4v) is 3.44. The van der Waals surface area contributed by atoms with Gasteiger partial charge >= 0.3 is 5.38 Å². The van der Waals surface area contributed by atoms with Gasteiger partial charge in [-0.2, -0.15) is 13.9 Å². The Hall–Kier alpha value is -3.04. The lowest BCUT2D eigenvalue weighted by Gasteiger charge is -2.20. The van der Waals surface area contributed by atoms with Crippen molar-refractivity contribution in [1.29, 1.82) is 0 Å². The van der Waals surface area contributed by atoms with Crippen molar-refractivity contribution in [2.45, 2.75) is 17.9 Å². The molecular weight excluding hydrogens is 416 g/mol. The van der Waals surface area contributed by atoms with Gasteiger partial charge in [-0.1, -0.05) is 0 Å². The number of benzene rings is 1. The van der Waals surface area contributed by atoms with Crippen LogP contribution in [0.2, 0.25) is 0 Å². The zero-order valence-corrected chi connectivity index (χ0v) is 16.4. The van der Waals surface area contributed by atoms with Crippen molar-refractivity contribution in [3.05, 3.63) is 59.9 Å². The number of hydrogen-bond acceptors (Lipinski definition) is 5. The van der Waals surface area contributed by atoms with Gasteiger partial charge in [0.2, 0.25) is 0 Å². The molecule has 0 spiro atoms. The normalized spacial score (nSPS) is 16.7. The number of aliphatic hydroxyl groups is 1. The number of halogens is 3. The average molecular weight is 434 g/mol. The molecule has 0 bridgehead atoms. The third-order valence-corrected chi connectivity index (χ3v) is 5.07. The molecule has 1 aliphatic rings. The van der Waals surface area contributed by atoms with Gasteiger partial charge in [-0.3, -0.25) is 9.89 Å². The number of anilines is 2. The highest BCUT2D eigenvalue weighted by Crippen LogP contribution is 2.33. The predicted octanol–water partition coefficient (Wildman–Crippen LogP) is 3.58. The van der Waals surface area contributed by atoms with Crippen LogP contribution in [0.4, 0.5) is 20.3 Å². The smallest absolute Gasteiger partial charge is 0.348 e. The summed E-state index contributed by atoms with van der Waals surface area (Å²) in [7, 11) is 0. The van der Waals surface area contributed by atoms with Crippen LogP contribution in [-0.4, -0.2) is 45.4 Å². The standard InChI is InChI=1S/C20H18ClF2N5O2/c21-20(22,23)13-1-3-14(4-2-13)26-19(30)12-9-16(17-5-7-25-27-17)18(24-10-12)28-8-6-15(29)11-28/h1-5,7,9-10,15,29H,6,8,11H2,(H,25,27)(H,26,30)/t15-/m0/s1. The first-order chi connectivity index (χ1) is 14.3. The minimum absolute atomic E-state index is 0.287. The van der Waals surface area contributed by atoms with Crippen LogP contribution in [0.15, 0.2) is 48.8 Å². The van der Waals surface area contributed by atoms with E-state index in [1.807, 2.05) is 4.90 Å². The lowest BCUT2D eigenvalue weighted by molar-refractivity contribution is 0.0951. The lowest BCUT2D eigenvalue weighted by atomic mass is 10.1. The Bertz CT molecular complexity index is 1040. The van der Waals surface area contributed by atoms with Crippen molar-refractivity contribution in [1.82, 2.24) is 15.2 Å². The number of alkyl halides is 3. The monoisotopic (exact) mass is 433 g/mol. The van der Waals surface area contributed by atoms with Gasteiger partial charge < -0.3 is 15.3 Å². The Morgan fingerprint density at radius 3 is 2.67 bits per heavy atom. The summed E-state index contributed by atoms with van der Waals surface area (Å²) in [5, 5.41) is 15.9. The van der Waals surface area contributed by atoms with Crippen LogP contribution < -0.4 is 10.2 Å². The topological polar surface area (TPSA) is 94.1 Å². The van der Waals surface area contributed by atoms with Crippen LogP contribution in [0.1, 0.15) is 22.3 Å². The molecule has 4 rings (SSSR count). The van der Waals surface area contributed by atoms with Crippen LogP contribution in [0.3, 0.4) is 0 Å². The van der Waals surface area contributed by atoms with E-state index in [2.05, 4.69) is 20.5 Å². The highest BCUT2D eigenvalue weighted by Gasteiger charge is 2.28. The van der Waals surface area contributed by atoms with Crippen LogP contribution in [0.5, 0.6) is 0 Å². The minimum atomic E-state index is -3.47. The minimum Gasteiger partial charge on any atom is -0.391 e. The van der Waals surface area contributed by atoms with Gasteiger partial charge in [0.15, 0.2) is 0 Å². The molecule has 1 aromatic carbocycles. The number of nitrogens with one attached hydrogen (secondary N) is 2. The van der Waals surface area contributed by atoms with Crippen molar-refractivity contribution in [3.63, 3.8) is 0 Å². The van der Waals surface area contributed by atoms with Gasteiger partial charge in [0, 0.05) is 42.3 Å². The maximum absolute atomic E-state index is 13.1. The molecule has 0 saturated carbocycles. The number of aromatic nitrogens is 3. The van der Waals surface area contributed by atoms with Gasteiger partial charge in [-0.25, -0.2) is 4.98 Å². The molecule has 1 saturated heterocycles. The number of H-pyrrole nitrogens is 1. The summed E-state index contributed by atoms with van der Waals surface area (Å²) >= 11 is 5.00. The first kappa shape index (κ1) is 20.2. The molecule has 1 atom stereocenters. The molecule has 1 aliphatic heterocycles. The van der Waals surface area contributed by atoms with Crippen molar-refractivity contribution in [2.75, 3.05) is 23.3 Å². The second-order valence-electron chi connectivity index (χ2n) is 6.98. The first-order valence-electron chi connectivity index (χ1n) is 9.22. The van der Waals surface area contributed by atoms with Crippen LogP contribution in [-0.2, 0) is 5.38 Å². The first-order valence-corrected chi connectivity index (χ1v) is 9.60. The van der Waals surface area contributed by atoms with E-state index in [9.17, 15) is 18.7 Å². The Kier molecular flexibility index (Phi) is 5.40. The van der Waals surface area contributed by atoms with E-state index in [0.29, 0.717) is 42.3 Å². The van der Waals surface area contributed by atoms with E-state index in [-0.39, 0.29) is 11.1 Å². The summed E-state index contributed by atoms with van der Waals surface area (Å²) in [6.07, 6.45) is 3.26. The van der Waals surface area contributed by atoms with Crippen molar-refractivity contribution in [2.24, 2.45) is 0 Å². The second kappa shape index (κ2) is 8.00. The Morgan fingerprint density at radius 2 is 2.07 bits per heavy atom. The molecule has 1 amide bonds. The van der Waals surface area contributed by atoms with Gasteiger partial charge in [-0.05, 0) is 54.4 Å². The van der Waals surface area contributed by atoms with E-state index in [1.54, 1.807) is 18.3 Å². The maximum atomic E-state index is 13.1. The summed E-state index contributed by atoms with van der Waals surface area (Å²) in [6, 6.07) is 8.45. The number of β-amino-alcohol motifs (C(OH)–C–C–N with tert-alkyl or cyclic N) is 1. The summed E-state index contributed by atoms with van der Waals surface area (Å²) in [5.74, 6) is 0.197. The maximum Gasteiger partial charge on any atom is 0.348 e. The van der Waals surface area contributed by atoms with E-state index in [4.69, 9.17) is 11.6 Å². The molecule has 3 N–H and O–H groups in total. The Morgan fingerprint density at radius 1 is 1.30 bits per heavy atom. The number of amides is 1. The number of carbonyl (C=O) groups excluding carboxylic acids is 1. The highest BCUT2D eigenvalue weighted by atomic mass is 35.5. The summed E-state index contributed by atoms with van der Waals surface area (Å²) in [6.45, 7) is 1.11. The number of nitrogens with zero attached hydrogens (tertiary/aromatic N) is 3. The molecule has 0 unspecified atom stereocenters. The molecule has 0 aliphatic carbocycles. The largest absolute Gasteiger partial charge is 0.391 e. The second-order valence-corrected chi connectivity index (χ2v) is 7.46. The van der Waals surface area contributed by atoms with Crippen molar-refractivity contribution in [3.8, 4) is 11.3 Å². The third-order valence-electron chi connectivity index (χ3n) is 4.85. The van der Waals surface area contributed by atoms with E-state index >= 15 is 0 Å². The number of carbonyl (C=O) groups is 1. The molecule has 30 heavy (non-hydrogen) atoms. The van der Waals surface area contributed by atoms with Crippen LogP contribution >= 0.6 is 11.6 Å². The Balaban J connectivity index is 1.59. The van der Waals surface area contributed by atoms with Crippen molar-refractivity contribution < 1.29 is 18.7 Å².